The Morgan fingerprint density at radius 3 is 2.71 bits per heavy atom. The van der Waals surface area contributed by atoms with Gasteiger partial charge in [0.25, 0.3) is 0 Å². The molecule has 0 fully saturated rings. The molecule has 0 aliphatic carbocycles. The first-order valence-corrected chi connectivity index (χ1v) is 5.81. The highest BCUT2D eigenvalue weighted by molar-refractivity contribution is 5.45. The fourth-order valence-corrected chi connectivity index (χ4v) is 1.88. The Bertz CT molecular complexity index is 350. The van der Waals surface area contributed by atoms with Gasteiger partial charge in [-0.15, -0.1) is 0 Å². The highest BCUT2D eigenvalue weighted by Crippen LogP contribution is 2.19. The van der Waals surface area contributed by atoms with Crippen LogP contribution in [0, 0.1) is 5.41 Å². The molecule has 0 saturated carbocycles. The van der Waals surface area contributed by atoms with Crippen LogP contribution >= 0.6 is 0 Å². The van der Waals surface area contributed by atoms with E-state index in [2.05, 4.69) is 43.1 Å². The molecule has 0 saturated heterocycles. The van der Waals surface area contributed by atoms with Gasteiger partial charge in [-0.3, -0.25) is 0 Å². The fraction of sp³-hybridized carbons (Fsp3) is 0.615. The van der Waals surface area contributed by atoms with E-state index in [9.17, 15) is 0 Å². The number of nitrogens with one attached hydrogen (secondary N) is 1. The van der Waals surface area contributed by atoms with Crippen molar-refractivity contribution in [2.45, 2.75) is 13.8 Å². The summed E-state index contributed by atoms with van der Waals surface area (Å²) in [6, 6.07) is 3.86. The predicted molar refractivity (Wildman–Crippen MR) is 71.6 cm³/mol. The van der Waals surface area contributed by atoms with Gasteiger partial charge in [0.15, 0.2) is 0 Å². The molecule has 1 heterocycles. The van der Waals surface area contributed by atoms with E-state index in [0.29, 0.717) is 5.88 Å². The Labute approximate surface area is 104 Å². The van der Waals surface area contributed by atoms with Crippen LogP contribution in [0.15, 0.2) is 18.3 Å². The summed E-state index contributed by atoms with van der Waals surface area (Å²) in [6.07, 6.45) is 1.75. The molecular formula is C13H23N3O. The Hall–Kier alpha value is -1.29. The lowest BCUT2D eigenvalue weighted by Gasteiger charge is -2.28. The lowest BCUT2D eigenvalue weighted by Crippen LogP contribution is -2.34. The first kappa shape index (κ1) is 13.8. The van der Waals surface area contributed by atoms with Gasteiger partial charge in [-0.05, 0) is 25.6 Å². The van der Waals surface area contributed by atoms with E-state index in [1.54, 1.807) is 13.3 Å². The van der Waals surface area contributed by atoms with E-state index >= 15 is 0 Å². The van der Waals surface area contributed by atoms with Gasteiger partial charge in [0.2, 0.25) is 5.88 Å². The van der Waals surface area contributed by atoms with Crippen molar-refractivity contribution in [3.63, 3.8) is 0 Å². The van der Waals surface area contributed by atoms with E-state index in [4.69, 9.17) is 4.74 Å². The lowest BCUT2D eigenvalue weighted by atomic mass is 9.93. The standard InChI is InChI=1S/C13H23N3O/c1-13(2,10-16(3)4)9-15-11-6-7-14-12(8-11)17-5/h6-8H,9-10H2,1-5H3,(H,14,15). The third-order valence-electron chi connectivity index (χ3n) is 2.46. The van der Waals surface area contributed by atoms with Crippen molar-refractivity contribution in [1.82, 2.24) is 9.88 Å². The maximum atomic E-state index is 5.09. The zero-order chi connectivity index (χ0) is 12.9. The summed E-state index contributed by atoms with van der Waals surface area (Å²) in [4.78, 5) is 6.28. The second-order valence-electron chi connectivity index (χ2n) is 5.34. The average molecular weight is 237 g/mol. The van der Waals surface area contributed by atoms with Crippen molar-refractivity contribution in [2.75, 3.05) is 39.6 Å². The molecule has 0 aliphatic heterocycles. The molecule has 1 N–H and O–H groups in total. The van der Waals surface area contributed by atoms with Crippen molar-refractivity contribution in [1.29, 1.82) is 0 Å². The SMILES string of the molecule is COc1cc(NCC(C)(C)CN(C)C)ccn1. The van der Waals surface area contributed by atoms with E-state index in [1.165, 1.54) is 0 Å². The number of ether oxygens (including phenoxy) is 1. The number of anilines is 1. The Balaban J connectivity index is 2.54. The van der Waals surface area contributed by atoms with E-state index in [-0.39, 0.29) is 5.41 Å². The summed E-state index contributed by atoms with van der Waals surface area (Å²) in [5.74, 6) is 0.639. The van der Waals surface area contributed by atoms with Crippen molar-refractivity contribution in [2.24, 2.45) is 5.41 Å². The van der Waals surface area contributed by atoms with Crippen LogP contribution in [0.2, 0.25) is 0 Å². The van der Waals surface area contributed by atoms with Gasteiger partial charge in [0, 0.05) is 31.0 Å². The van der Waals surface area contributed by atoms with Gasteiger partial charge < -0.3 is 15.0 Å². The zero-order valence-corrected chi connectivity index (χ0v) is 11.4. The van der Waals surface area contributed by atoms with Crippen molar-refractivity contribution in [3.05, 3.63) is 18.3 Å². The molecule has 96 valence electrons. The Morgan fingerprint density at radius 2 is 2.12 bits per heavy atom. The number of methoxy groups -OCH3 is 1. The van der Waals surface area contributed by atoms with Gasteiger partial charge in [-0.25, -0.2) is 4.98 Å². The van der Waals surface area contributed by atoms with Crippen LogP contribution in [0.4, 0.5) is 5.69 Å². The van der Waals surface area contributed by atoms with Gasteiger partial charge in [0.05, 0.1) is 7.11 Å². The molecule has 0 amide bonds. The first-order chi connectivity index (χ1) is 7.93. The van der Waals surface area contributed by atoms with E-state index in [0.717, 1.165) is 18.8 Å². The fourth-order valence-electron chi connectivity index (χ4n) is 1.88. The Morgan fingerprint density at radius 1 is 1.41 bits per heavy atom. The van der Waals surface area contributed by atoms with Gasteiger partial charge in [-0.1, -0.05) is 13.8 Å². The summed E-state index contributed by atoms with van der Waals surface area (Å²) in [6.45, 7) is 6.46. The van der Waals surface area contributed by atoms with Gasteiger partial charge >= 0.3 is 0 Å². The van der Waals surface area contributed by atoms with Crippen LogP contribution in [0.25, 0.3) is 0 Å². The minimum Gasteiger partial charge on any atom is -0.481 e. The number of hydrogen-bond acceptors (Lipinski definition) is 4. The average Bonchev–Trinajstić information content (AvgIpc) is 2.25. The largest absolute Gasteiger partial charge is 0.481 e. The predicted octanol–water partition coefficient (Wildman–Crippen LogP) is 2.09. The van der Waals surface area contributed by atoms with Crippen LogP contribution in [-0.4, -0.2) is 44.2 Å². The van der Waals surface area contributed by atoms with Gasteiger partial charge in [0.1, 0.15) is 0 Å². The first-order valence-electron chi connectivity index (χ1n) is 5.81. The number of aromatic nitrogens is 1. The maximum absolute atomic E-state index is 5.09. The highest BCUT2D eigenvalue weighted by Gasteiger charge is 2.18. The second kappa shape index (κ2) is 5.87. The molecule has 1 rings (SSSR count). The maximum Gasteiger partial charge on any atom is 0.214 e. The zero-order valence-electron chi connectivity index (χ0n) is 11.4. The molecule has 0 aromatic carbocycles. The molecule has 0 unspecified atom stereocenters. The smallest absolute Gasteiger partial charge is 0.214 e. The highest BCUT2D eigenvalue weighted by atomic mass is 16.5. The van der Waals surface area contributed by atoms with E-state index in [1.807, 2.05) is 12.1 Å². The molecule has 1 aromatic rings. The molecule has 0 spiro atoms. The van der Waals surface area contributed by atoms with Crippen LogP contribution in [0.1, 0.15) is 13.8 Å². The molecule has 4 nitrogen and oxygen atoms in total. The molecule has 0 atom stereocenters. The summed E-state index contributed by atoms with van der Waals surface area (Å²) in [5.41, 5.74) is 1.27. The van der Waals surface area contributed by atoms with Crippen molar-refractivity contribution < 1.29 is 4.74 Å². The molecule has 0 radical (unpaired) electrons. The number of hydrogen-bond donors (Lipinski definition) is 1. The quantitative estimate of drug-likeness (QED) is 0.822. The summed E-state index contributed by atoms with van der Waals surface area (Å²) in [5, 5.41) is 3.42. The Kier molecular flexibility index (Phi) is 4.75. The third kappa shape index (κ3) is 5.04. The molecule has 1 aromatic heterocycles. The monoisotopic (exact) mass is 237 g/mol. The van der Waals surface area contributed by atoms with Crippen LogP contribution in [0.5, 0.6) is 5.88 Å². The summed E-state index contributed by atoms with van der Waals surface area (Å²) < 4.78 is 5.09. The number of nitrogens with zero attached hydrogens (tertiary/aromatic N) is 2. The van der Waals surface area contributed by atoms with Crippen LogP contribution in [-0.2, 0) is 0 Å². The normalized spacial score (nSPS) is 11.6. The third-order valence-corrected chi connectivity index (χ3v) is 2.46. The minimum atomic E-state index is 0.222. The minimum absolute atomic E-state index is 0.222. The molecule has 0 aliphatic rings. The second-order valence-corrected chi connectivity index (χ2v) is 5.34. The van der Waals surface area contributed by atoms with Crippen molar-refractivity contribution >= 4 is 5.69 Å². The number of rotatable bonds is 6. The van der Waals surface area contributed by atoms with Crippen LogP contribution in [0.3, 0.4) is 0 Å². The number of pyridine rings is 1. The molecular weight excluding hydrogens is 214 g/mol. The van der Waals surface area contributed by atoms with Gasteiger partial charge in [-0.2, -0.15) is 0 Å². The molecule has 0 bridgehead atoms. The van der Waals surface area contributed by atoms with E-state index < -0.39 is 0 Å². The summed E-state index contributed by atoms with van der Waals surface area (Å²) in [7, 11) is 5.82. The lowest BCUT2D eigenvalue weighted by molar-refractivity contribution is 0.254. The topological polar surface area (TPSA) is 37.4 Å². The van der Waals surface area contributed by atoms with Crippen molar-refractivity contribution in [3.8, 4) is 5.88 Å². The van der Waals surface area contributed by atoms with Crippen LogP contribution < -0.4 is 10.1 Å². The molecule has 4 heteroatoms. The summed E-state index contributed by atoms with van der Waals surface area (Å²) >= 11 is 0. The molecule has 17 heavy (non-hydrogen) atoms.